The highest BCUT2D eigenvalue weighted by atomic mass is 32.5. The Morgan fingerprint density at radius 1 is 1.00 bits per heavy atom. The van der Waals surface area contributed by atoms with Gasteiger partial charge in [0.05, 0.1) is 6.61 Å². The van der Waals surface area contributed by atoms with Gasteiger partial charge in [-0.1, -0.05) is 45.4 Å². The molecule has 0 aromatic heterocycles. The number of rotatable bonds is 11. The second-order valence-corrected chi connectivity index (χ2v) is 8.25. The standard InChI is InChI=1S/C9H22O6P2S/c1-2-3-4-5-6-7-8-9-14-16(10,11)15-17(12,13)18/h2-9H2,1H3,(H,10,11)(H2,12,13,18). The lowest BCUT2D eigenvalue weighted by Crippen LogP contribution is -1.96. The zero-order valence-electron chi connectivity index (χ0n) is 10.5. The molecule has 110 valence electrons. The summed E-state index contributed by atoms with van der Waals surface area (Å²) in [5, 5.41) is 0. The van der Waals surface area contributed by atoms with E-state index in [2.05, 4.69) is 27.6 Å². The van der Waals surface area contributed by atoms with Crippen LogP contribution in [0.25, 0.3) is 0 Å². The van der Waals surface area contributed by atoms with Crippen molar-refractivity contribution < 1.29 is 28.1 Å². The first-order valence-electron chi connectivity index (χ1n) is 6.01. The molecular weight excluding hydrogens is 298 g/mol. The van der Waals surface area contributed by atoms with Crippen LogP contribution in [0.5, 0.6) is 0 Å². The van der Waals surface area contributed by atoms with Gasteiger partial charge < -0.3 is 14.7 Å². The van der Waals surface area contributed by atoms with E-state index in [1.807, 2.05) is 0 Å². The van der Waals surface area contributed by atoms with E-state index in [9.17, 15) is 4.57 Å². The number of unbranched alkanes of at least 4 members (excludes halogenated alkanes) is 6. The van der Waals surface area contributed by atoms with Crippen LogP contribution in [0.1, 0.15) is 51.9 Å². The van der Waals surface area contributed by atoms with Crippen LogP contribution in [0.2, 0.25) is 0 Å². The Morgan fingerprint density at radius 3 is 2.00 bits per heavy atom. The van der Waals surface area contributed by atoms with Crippen molar-refractivity contribution in [2.24, 2.45) is 0 Å². The lowest BCUT2D eigenvalue weighted by Gasteiger charge is -2.14. The minimum atomic E-state index is -4.44. The Morgan fingerprint density at radius 2 is 1.50 bits per heavy atom. The molecule has 0 aliphatic carbocycles. The molecule has 6 nitrogen and oxygen atoms in total. The molecule has 0 fully saturated rings. The second kappa shape index (κ2) is 9.56. The average molecular weight is 320 g/mol. The zero-order chi connectivity index (χ0) is 14.1. The monoisotopic (exact) mass is 320 g/mol. The van der Waals surface area contributed by atoms with Gasteiger partial charge >= 0.3 is 14.5 Å². The summed E-state index contributed by atoms with van der Waals surface area (Å²) in [4.78, 5) is 26.5. The average Bonchev–Trinajstić information content (AvgIpc) is 2.18. The summed E-state index contributed by atoms with van der Waals surface area (Å²) < 4.78 is 19.7. The Bertz CT molecular complexity index is 305. The minimum absolute atomic E-state index is 0.0386. The van der Waals surface area contributed by atoms with Crippen LogP contribution in [-0.4, -0.2) is 21.3 Å². The smallest absolute Gasteiger partial charge is 0.324 e. The fourth-order valence-electron chi connectivity index (χ4n) is 1.40. The first-order valence-corrected chi connectivity index (χ1v) is 10.1. The van der Waals surface area contributed by atoms with Crippen molar-refractivity contribution in [3.63, 3.8) is 0 Å². The third-order valence-corrected chi connectivity index (χ3v) is 5.00. The maximum atomic E-state index is 11.2. The van der Waals surface area contributed by atoms with Gasteiger partial charge in [0.1, 0.15) is 0 Å². The molecular formula is C9H22O6P2S. The SMILES string of the molecule is CCCCCCCCCOP(=O)(O)OP(O)(O)=S. The lowest BCUT2D eigenvalue weighted by molar-refractivity contribution is 0.190. The molecule has 0 saturated carbocycles. The van der Waals surface area contributed by atoms with E-state index in [-0.39, 0.29) is 6.61 Å². The molecule has 3 N–H and O–H groups in total. The fraction of sp³-hybridized carbons (Fsp3) is 1.00. The van der Waals surface area contributed by atoms with E-state index in [4.69, 9.17) is 14.7 Å². The third-order valence-electron chi connectivity index (χ3n) is 2.21. The molecule has 0 aromatic rings. The van der Waals surface area contributed by atoms with Gasteiger partial charge in [-0.3, -0.25) is 4.52 Å². The summed E-state index contributed by atoms with van der Waals surface area (Å²) >= 11 is 4.08. The third kappa shape index (κ3) is 13.1. The van der Waals surface area contributed by atoms with Crippen molar-refractivity contribution >= 4 is 26.3 Å². The number of phosphoric acid groups is 1. The van der Waals surface area contributed by atoms with Crippen molar-refractivity contribution in [2.45, 2.75) is 51.9 Å². The van der Waals surface area contributed by atoms with Crippen molar-refractivity contribution in [1.82, 2.24) is 0 Å². The Balaban J connectivity index is 3.54. The van der Waals surface area contributed by atoms with Crippen molar-refractivity contribution in [2.75, 3.05) is 6.61 Å². The molecule has 18 heavy (non-hydrogen) atoms. The highest BCUT2D eigenvalue weighted by Crippen LogP contribution is 2.57. The van der Waals surface area contributed by atoms with Crippen LogP contribution in [-0.2, 0) is 25.2 Å². The summed E-state index contributed by atoms with van der Waals surface area (Å²) in [5.74, 6) is 0. The molecule has 0 spiro atoms. The first-order chi connectivity index (χ1) is 8.27. The Kier molecular flexibility index (Phi) is 9.92. The lowest BCUT2D eigenvalue weighted by atomic mass is 10.1. The van der Waals surface area contributed by atoms with Gasteiger partial charge in [0, 0.05) is 0 Å². The molecule has 1 atom stereocenters. The van der Waals surface area contributed by atoms with Crippen LogP contribution in [0.3, 0.4) is 0 Å². The van der Waals surface area contributed by atoms with E-state index >= 15 is 0 Å². The van der Waals surface area contributed by atoms with Gasteiger partial charge in [-0.2, -0.15) is 0 Å². The predicted octanol–water partition coefficient (Wildman–Crippen LogP) is 3.08. The van der Waals surface area contributed by atoms with Crippen molar-refractivity contribution in [3.8, 4) is 0 Å². The van der Waals surface area contributed by atoms with E-state index in [1.54, 1.807) is 0 Å². The summed E-state index contributed by atoms with van der Waals surface area (Å²) in [6.07, 6.45) is 7.36. The first kappa shape index (κ1) is 18.7. The maximum Gasteiger partial charge on any atom is 0.479 e. The minimum Gasteiger partial charge on any atom is -0.324 e. The molecule has 0 aliphatic rings. The predicted molar refractivity (Wildman–Crippen MR) is 73.6 cm³/mol. The van der Waals surface area contributed by atoms with E-state index < -0.39 is 14.5 Å². The number of hydrogen-bond donors (Lipinski definition) is 3. The van der Waals surface area contributed by atoms with Crippen molar-refractivity contribution in [3.05, 3.63) is 0 Å². The number of phosphoric ester groups is 1. The van der Waals surface area contributed by atoms with Gasteiger partial charge in [0.2, 0.25) is 0 Å². The van der Waals surface area contributed by atoms with E-state index in [0.717, 1.165) is 19.3 Å². The Labute approximate surface area is 113 Å². The normalized spacial score (nSPS) is 15.6. The maximum absolute atomic E-state index is 11.2. The molecule has 1 unspecified atom stereocenters. The molecule has 0 heterocycles. The van der Waals surface area contributed by atoms with Gasteiger partial charge in [-0.25, -0.2) is 8.88 Å². The molecule has 0 rings (SSSR count). The van der Waals surface area contributed by atoms with Gasteiger partial charge in [-0.15, -0.1) is 0 Å². The summed E-state index contributed by atoms with van der Waals surface area (Å²) in [5.41, 5.74) is 0. The quantitative estimate of drug-likeness (QED) is 0.397. The topological polar surface area (TPSA) is 96.2 Å². The molecule has 0 aromatic carbocycles. The van der Waals surface area contributed by atoms with Crippen LogP contribution >= 0.6 is 14.5 Å². The molecule has 0 bridgehead atoms. The summed E-state index contributed by atoms with van der Waals surface area (Å²) in [7, 11) is -4.44. The highest BCUT2D eigenvalue weighted by Gasteiger charge is 2.28. The van der Waals surface area contributed by atoms with Crippen molar-refractivity contribution in [1.29, 1.82) is 0 Å². The summed E-state index contributed by atoms with van der Waals surface area (Å²) in [6.45, 7) is -1.98. The zero-order valence-corrected chi connectivity index (χ0v) is 13.1. The van der Waals surface area contributed by atoms with Crippen LogP contribution in [0.4, 0.5) is 0 Å². The van der Waals surface area contributed by atoms with E-state index in [0.29, 0.717) is 6.42 Å². The highest BCUT2D eigenvalue weighted by molar-refractivity contribution is 8.08. The Hall–Kier alpha value is 0.680. The second-order valence-electron chi connectivity index (χ2n) is 4.00. The van der Waals surface area contributed by atoms with Gasteiger partial charge in [0.25, 0.3) is 0 Å². The number of hydrogen-bond acceptors (Lipinski definition) is 4. The molecule has 0 aliphatic heterocycles. The fourth-order valence-corrected chi connectivity index (χ4v) is 3.78. The van der Waals surface area contributed by atoms with Crippen LogP contribution in [0.15, 0.2) is 0 Å². The molecule has 0 saturated heterocycles. The molecule has 9 heteroatoms. The van der Waals surface area contributed by atoms with Gasteiger partial charge in [-0.05, 0) is 18.2 Å². The molecule has 0 amide bonds. The summed E-state index contributed by atoms with van der Waals surface area (Å²) in [6, 6.07) is 0. The van der Waals surface area contributed by atoms with Gasteiger partial charge in [0.15, 0.2) is 0 Å². The largest absolute Gasteiger partial charge is 0.479 e. The molecule has 0 radical (unpaired) electrons. The van der Waals surface area contributed by atoms with Crippen LogP contribution < -0.4 is 0 Å². The van der Waals surface area contributed by atoms with E-state index in [1.165, 1.54) is 19.3 Å². The van der Waals surface area contributed by atoms with Crippen LogP contribution in [0, 0.1) is 0 Å².